The van der Waals surface area contributed by atoms with E-state index in [2.05, 4.69) is 31.3 Å². The molecule has 1 saturated carbocycles. The Morgan fingerprint density at radius 3 is 2.80 bits per heavy atom. The summed E-state index contributed by atoms with van der Waals surface area (Å²) in [6.07, 6.45) is 6.07. The molecule has 2 aliphatic rings. The molecule has 0 radical (unpaired) electrons. The number of fused-ring (bicyclic) bond motifs is 1. The maximum atomic E-state index is 6.27. The zero-order valence-corrected chi connectivity index (χ0v) is 13.2. The van der Waals surface area contributed by atoms with E-state index in [0.717, 1.165) is 36.8 Å². The van der Waals surface area contributed by atoms with E-state index in [4.69, 9.17) is 16.3 Å². The molecule has 0 amide bonds. The van der Waals surface area contributed by atoms with E-state index in [1.165, 1.54) is 30.4 Å². The molecular weight excluding hydrogens is 270 g/mol. The van der Waals surface area contributed by atoms with Gasteiger partial charge in [0, 0.05) is 24.0 Å². The van der Waals surface area contributed by atoms with Crippen molar-refractivity contribution in [3.05, 3.63) is 28.3 Å². The van der Waals surface area contributed by atoms with Gasteiger partial charge in [0.25, 0.3) is 0 Å². The molecule has 0 bridgehead atoms. The van der Waals surface area contributed by atoms with E-state index >= 15 is 0 Å². The molecule has 1 aliphatic heterocycles. The largest absolute Gasteiger partial charge is 0.493 e. The lowest BCUT2D eigenvalue weighted by molar-refractivity contribution is 0.125. The molecule has 1 aliphatic carbocycles. The van der Waals surface area contributed by atoms with Gasteiger partial charge in [-0.3, -0.25) is 0 Å². The van der Waals surface area contributed by atoms with Gasteiger partial charge in [0.2, 0.25) is 0 Å². The zero-order valence-electron chi connectivity index (χ0n) is 12.5. The molecule has 20 heavy (non-hydrogen) atoms. The summed E-state index contributed by atoms with van der Waals surface area (Å²) < 4.78 is 5.85. The molecule has 1 fully saturated rings. The molecule has 3 heteroatoms. The van der Waals surface area contributed by atoms with Crippen LogP contribution >= 0.6 is 11.6 Å². The Bertz CT molecular complexity index is 494. The van der Waals surface area contributed by atoms with E-state index < -0.39 is 0 Å². The number of hydrogen-bond acceptors (Lipinski definition) is 2. The third-order valence-electron chi connectivity index (χ3n) is 4.69. The number of hydrogen-bond donors (Lipinski definition) is 1. The van der Waals surface area contributed by atoms with E-state index in [0.29, 0.717) is 11.5 Å². The Kier molecular flexibility index (Phi) is 3.96. The number of halogens is 1. The van der Waals surface area contributed by atoms with Gasteiger partial charge in [0.15, 0.2) is 0 Å². The highest BCUT2D eigenvalue weighted by Crippen LogP contribution is 2.46. The van der Waals surface area contributed by atoms with Crippen LogP contribution in [0.3, 0.4) is 0 Å². The topological polar surface area (TPSA) is 21.3 Å². The van der Waals surface area contributed by atoms with Crippen LogP contribution in [0.1, 0.15) is 44.2 Å². The predicted molar refractivity (Wildman–Crippen MR) is 83.8 cm³/mol. The van der Waals surface area contributed by atoms with Crippen molar-refractivity contribution in [2.75, 3.05) is 13.2 Å². The summed E-state index contributed by atoms with van der Waals surface area (Å²) in [4.78, 5) is 0. The third kappa shape index (κ3) is 2.82. The lowest BCUT2D eigenvalue weighted by Gasteiger charge is -2.43. The smallest absolute Gasteiger partial charge is 0.125 e. The second-order valence-electron chi connectivity index (χ2n) is 6.72. The van der Waals surface area contributed by atoms with Gasteiger partial charge in [-0.2, -0.15) is 0 Å². The summed E-state index contributed by atoms with van der Waals surface area (Å²) >= 11 is 6.27. The summed E-state index contributed by atoms with van der Waals surface area (Å²) in [6.45, 7) is 6.34. The molecule has 3 rings (SSSR count). The maximum Gasteiger partial charge on any atom is 0.125 e. The SMILES string of the molecule is CC(C)NCC1(Cc2cc(Cl)cc3c2OCC3)CCC1. The zero-order chi connectivity index (χ0) is 14.2. The molecule has 110 valence electrons. The first-order chi connectivity index (χ1) is 9.58. The fraction of sp³-hybridized carbons (Fsp3) is 0.647. The minimum Gasteiger partial charge on any atom is -0.493 e. The Labute approximate surface area is 126 Å². The Morgan fingerprint density at radius 2 is 2.15 bits per heavy atom. The van der Waals surface area contributed by atoms with Crippen LogP contribution in [-0.4, -0.2) is 19.2 Å². The molecule has 0 unspecified atom stereocenters. The van der Waals surface area contributed by atoms with Crippen LogP contribution in [-0.2, 0) is 12.8 Å². The van der Waals surface area contributed by atoms with Crippen molar-refractivity contribution in [2.24, 2.45) is 5.41 Å². The van der Waals surface area contributed by atoms with Crippen molar-refractivity contribution in [3.63, 3.8) is 0 Å². The van der Waals surface area contributed by atoms with Crippen molar-refractivity contribution < 1.29 is 4.74 Å². The van der Waals surface area contributed by atoms with Gasteiger partial charge in [-0.25, -0.2) is 0 Å². The predicted octanol–water partition coefficient (Wildman–Crippen LogP) is 3.99. The quantitative estimate of drug-likeness (QED) is 0.886. The van der Waals surface area contributed by atoms with Gasteiger partial charge in [-0.05, 0) is 47.9 Å². The number of rotatable bonds is 5. The minimum atomic E-state index is 0.411. The molecule has 0 aromatic heterocycles. The highest BCUT2D eigenvalue weighted by atomic mass is 35.5. The Balaban J connectivity index is 1.79. The van der Waals surface area contributed by atoms with Crippen molar-refractivity contribution >= 4 is 11.6 Å². The maximum absolute atomic E-state index is 6.27. The van der Waals surface area contributed by atoms with Crippen molar-refractivity contribution in [2.45, 2.75) is 52.0 Å². The first-order valence-corrected chi connectivity index (χ1v) is 8.13. The fourth-order valence-corrected chi connectivity index (χ4v) is 3.66. The van der Waals surface area contributed by atoms with E-state index in [9.17, 15) is 0 Å². The van der Waals surface area contributed by atoms with Crippen LogP contribution in [0.25, 0.3) is 0 Å². The van der Waals surface area contributed by atoms with Crippen molar-refractivity contribution in [1.29, 1.82) is 0 Å². The number of ether oxygens (including phenoxy) is 1. The summed E-state index contributed by atoms with van der Waals surface area (Å²) in [6, 6.07) is 4.72. The van der Waals surface area contributed by atoms with Crippen LogP contribution in [0.2, 0.25) is 5.02 Å². The average Bonchev–Trinajstić information content (AvgIpc) is 2.79. The molecule has 0 atom stereocenters. The Hall–Kier alpha value is -0.730. The molecule has 1 N–H and O–H groups in total. The number of benzene rings is 1. The van der Waals surface area contributed by atoms with E-state index in [1.807, 2.05) is 0 Å². The molecule has 1 heterocycles. The lowest BCUT2D eigenvalue weighted by Crippen LogP contribution is -2.43. The van der Waals surface area contributed by atoms with Crippen LogP contribution in [0, 0.1) is 5.41 Å². The van der Waals surface area contributed by atoms with Gasteiger partial charge in [-0.1, -0.05) is 31.9 Å². The Morgan fingerprint density at radius 1 is 1.35 bits per heavy atom. The van der Waals surface area contributed by atoms with Crippen LogP contribution in [0.15, 0.2) is 12.1 Å². The molecule has 0 spiro atoms. The van der Waals surface area contributed by atoms with Gasteiger partial charge in [0.1, 0.15) is 5.75 Å². The van der Waals surface area contributed by atoms with Crippen molar-refractivity contribution in [3.8, 4) is 5.75 Å². The first-order valence-electron chi connectivity index (χ1n) is 7.75. The highest BCUT2D eigenvalue weighted by molar-refractivity contribution is 6.30. The molecule has 1 aromatic rings. The van der Waals surface area contributed by atoms with E-state index in [1.54, 1.807) is 0 Å². The van der Waals surface area contributed by atoms with Gasteiger partial charge in [0.05, 0.1) is 6.61 Å². The van der Waals surface area contributed by atoms with E-state index in [-0.39, 0.29) is 0 Å². The second kappa shape index (κ2) is 5.57. The van der Waals surface area contributed by atoms with Gasteiger partial charge in [-0.15, -0.1) is 0 Å². The average molecular weight is 294 g/mol. The first kappa shape index (κ1) is 14.2. The highest BCUT2D eigenvalue weighted by Gasteiger charge is 2.38. The second-order valence-corrected chi connectivity index (χ2v) is 7.15. The van der Waals surface area contributed by atoms with Crippen molar-refractivity contribution in [1.82, 2.24) is 5.32 Å². The summed E-state index contributed by atoms with van der Waals surface area (Å²) in [5, 5.41) is 4.47. The standard InChI is InChI=1S/C17H24ClNO/c1-12(2)19-11-17(5-3-6-17)10-14-9-15(18)8-13-4-7-20-16(13)14/h8-9,12,19H,3-7,10-11H2,1-2H3. The lowest BCUT2D eigenvalue weighted by atomic mass is 9.65. The molecule has 1 aromatic carbocycles. The van der Waals surface area contributed by atoms with Crippen LogP contribution in [0.5, 0.6) is 5.75 Å². The van der Waals surface area contributed by atoms with Gasteiger partial charge >= 0.3 is 0 Å². The van der Waals surface area contributed by atoms with Gasteiger partial charge < -0.3 is 10.1 Å². The third-order valence-corrected chi connectivity index (χ3v) is 4.91. The summed E-state index contributed by atoms with van der Waals surface area (Å²) in [5.41, 5.74) is 3.02. The summed E-state index contributed by atoms with van der Waals surface area (Å²) in [5.74, 6) is 1.12. The van der Waals surface area contributed by atoms with Crippen LogP contribution < -0.4 is 10.1 Å². The minimum absolute atomic E-state index is 0.411. The molecule has 0 saturated heterocycles. The summed E-state index contributed by atoms with van der Waals surface area (Å²) in [7, 11) is 0. The molecule has 2 nitrogen and oxygen atoms in total. The normalized spacial score (nSPS) is 19.6. The fourth-order valence-electron chi connectivity index (χ4n) is 3.39. The molecular formula is C17H24ClNO. The number of nitrogens with one attached hydrogen (secondary N) is 1. The monoisotopic (exact) mass is 293 g/mol. The van der Waals surface area contributed by atoms with Crippen LogP contribution in [0.4, 0.5) is 0 Å².